The Morgan fingerprint density at radius 2 is 2.44 bits per heavy atom. The van der Waals surface area contributed by atoms with E-state index in [4.69, 9.17) is 4.74 Å². The van der Waals surface area contributed by atoms with Crippen molar-refractivity contribution in [1.82, 2.24) is 5.32 Å². The van der Waals surface area contributed by atoms with Gasteiger partial charge in [0, 0.05) is 4.90 Å². The number of thioether (sulfide) groups is 1. The molecule has 3 nitrogen and oxygen atoms in total. The van der Waals surface area contributed by atoms with Gasteiger partial charge in [0.2, 0.25) is 0 Å². The van der Waals surface area contributed by atoms with Crippen molar-refractivity contribution in [1.29, 1.82) is 5.26 Å². The Hall–Kier alpha value is -1.18. The van der Waals surface area contributed by atoms with Crippen molar-refractivity contribution in [3.05, 3.63) is 23.8 Å². The van der Waals surface area contributed by atoms with Gasteiger partial charge in [-0.15, -0.1) is 11.8 Å². The monoisotopic (exact) mass is 262 g/mol. The van der Waals surface area contributed by atoms with Gasteiger partial charge in [-0.3, -0.25) is 0 Å². The predicted octanol–water partition coefficient (Wildman–Crippen LogP) is 2.66. The van der Waals surface area contributed by atoms with E-state index in [9.17, 15) is 5.26 Å². The molecule has 0 spiro atoms. The van der Waals surface area contributed by atoms with Gasteiger partial charge in [0.05, 0.1) is 6.61 Å². The van der Waals surface area contributed by atoms with Crippen LogP contribution in [-0.2, 0) is 0 Å². The number of hydrogen-bond donors (Lipinski definition) is 1. The number of ether oxygens (including phenoxy) is 1. The first kappa shape index (κ1) is 13.3. The van der Waals surface area contributed by atoms with Gasteiger partial charge in [-0.1, -0.05) is 6.07 Å². The van der Waals surface area contributed by atoms with Crippen LogP contribution in [0.15, 0.2) is 23.1 Å². The fourth-order valence-corrected chi connectivity index (χ4v) is 2.77. The summed E-state index contributed by atoms with van der Waals surface area (Å²) in [6, 6.07) is 8.01. The molecule has 0 aliphatic carbocycles. The molecular weight excluding hydrogens is 244 g/mol. The maximum Gasteiger partial charge on any atom is 0.138 e. The highest BCUT2D eigenvalue weighted by molar-refractivity contribution is 7.98. The lowest BCUT2D eigenvalue weighted by molar-refractivity contribution is 0.282. The van der Waals surface area contributed by atoms with Gasteiger partial charge < -0.3 is 10.1 Å². The van der Waals surface area contributed by atoms with Crippen molar-refractivity contribution in [2.24, 2.45) is 5.92 Å². The van der Waals surface area contributed by atoms with Crippen molar-refractivity contribution >= 4 is 11.8 Å². The zero-order chi connectivity index (χ0) is 12.8. The molecule has 0 aromatic heterocycles. The molecule has 1 aliphatic rings. The average Bonchev–Trinajstić information content (AvgIpc) is 2.91. The molecule has 1 fully saturated rings. The van der Waals surface area contributed by atoms with Crippen LogP contribution in [0.25, 0.3) is 0 Å². The molecule has 1 unspecified atom stereocenters. The molecular formula is C14H18N2OS. The predicted molar refractivity (Wildman–Crippen MR) is 74.0 cm³/mol. The zero-order valence-corrected chi connectivity index (χ0v) is 11.4. The minimum atomic E-state index is 0.662. The number of nitrogens with zero attached hydrogens (tertiary/aromatic N) is 1. The summed E-state index contributed by atoms with van der Waals surface area (Å²) in [7, 11) is 0. The van der Waals surface area contributed by atoms with Crippen LogP contribution in [0.3, 0.4) is 0 Å². The van der Waals surface area contributed by atoms with E-state index in [1.165, 1.54) is 6.42 Å². The molecule has 1 saturated heterocycles. The van der Waals surface area contributed by atoms with E-state index < -0.39 is 0 Å². The summed E-state index contributed by atoms with van der Waals surface area (Å²) in [6.45, 7) is 2.91. The van der Waals surface area contributed by atoms with E-state index in [1.807, 2.05) is 24.5 Å². The zero-order valence-electron chi connectivity index (χ0n) is 10.6. The normalized spacial score (nSPS) is 18.6. The van der Waals surface area contributed by atoms with Crippen LogP contribution in [0.2, 0.25) is 0 Å². The van der Waals surface area contributed by atoms with Crippen LogP contribution < -0.4 is 10.1 Å². The van der Waals surface area contributed by atoms with Crippen molar-refractivity contribution in [2.45, 2.75) is 17.7 Å². The lowest BCUT2D eigenvalue weighted by Gasteiger charge is -2.12. The highest BCUT2D eigenvalue weighted by Gasteiger charge is 2.15. The quantitative estimate of drug-likeness (QED) is 0.829. The van der Waals surface area contributed by atoms with E-state index in [0.29, 0.717) is 12.2 Å². The first-order valence-electron chi connectivity index (χ1n) is 6.25. The van der Waals surface area contributed by atoms with Crippen molar-refractivity contribution in [2.75, 3.05) is 26.0 Å². The van der Waals surface area contributed by atoms with E-state index >= 15 is 0 Å². The van der Waals surface area contributed by atoms with Gasteiger partial charge in [-0.05, 0) is 50.2 Å². The third-order valence-corrected chi connectivity index (χ3v) is 4.05. The van der Waals surface area contributed by atoms with Crippen LogP contribution in [0, 0.1) is 17.2 Å². The molecule has 1 atom stereocenters. The summed E-state index contributed by atoms with van der Waals surface area (Å²) in [4.78, 5) is 0.984. The first-order chi connectivity index (χ1) is 8.85. The first-order valence-corrected chi connectivity index (χ1v) is 7.48. The summed E-state index contributed by atoms with van der Waals surface area (Å²) in [5, 5.41) is 12.5. The maximum absolute atomic E-state index is 9.19. The molecule has 0 bridgehead atoms. The highest BCUT2D eigenvalue weighted by atomic mass is 32.2. The van der Waals surface area contributed by atoms with E-state index in [2.05, 4.69) is 11.4 Å². The Kier molecular flexibility index (Phi) is 4.91. The molecule has 1 aromatic rings. The molecule has 96 valence electrons. The van der Waals surface area contributed by atoms with Crippen LogP contribution in [0.4, 0.5) is 0 Å². The van der Waals surface area contributed by atoms with Crippen molar-refractivity contribution < 1.29 is 4.74 Å². The van der Waals surface area contributed by atoms with Gasteiger partial charge in [-0.25, -0.2) is 0 Å². The largest absolute Gasteiger partial charge is 0.492 e. The molecule has 0 radical (unpaired) electrons. The van der Waals surface area contributed by atoms with Crippen LogP contribution in [0.5, 0.6) is 5.75 Å². The second-order valence-electron chi connectivity index (χ2n) is 4.44. The number of hydrogen-bond acceptors (Lipinski definition) is 4. The number of nitriles is 1. The van der Waals surface area contributed by atoms with Crippen molar-refractivity contribution in [3.8, 4) is 11.8 Å². The fourth-order valence-electron chi connectivity index (χ4n) is 2.21. The minimum Gasteiger partial charge on any atom is -0.492 e. The SMILES string of the molecule is CSc1cccc(OCCC2CCNC2)c1C#N. The van der Waals surface area contributed by atoms with Gasteiger partial charge in [0.25, 0.3) is 0 Å². The highest BCUT2D eigenvalue weighted by Crippen LogP contribution is 2.28. The van der Waals surface area contributed by atoms with Gasteiger partial charge in [0.1, 0.15) is 17.4 Å². The Labute approximate surface area is 113 Å². The number of rotatable bonds is 5. The lowest BCUT2D eigenvalue weighted by Crippen LogP contribution is -2.12. The van der Waals surface area contributed by atoms with Crippen molar-refractivity contribution in [3.63, 3.8) is 0 Å². The Balaban J connectivity index is 1.94. The standard InChI is InChI=1S/C14H18N2OS/c1-18-14-4-2-3-13(12(14)9-15)17-8-6-11-5-7-16-10-11/h2-4,11,16H,5-8,10H2,1H3. The van der Waals surface area contributed by atoms with E-state index in [-0.39, 0.29) is 0 Å². The van der Waals surface area contributed by atoms with E-state index in [0.717, 1.165) is 36.1 Å². The molecule has 4 heteroatoms. The molecule has 1 aliphatic heterocycles. The number of benzene rings is 1. The summed E-state index contributed by atoms with van der Waals surface area (Å²) < 4.78 is 5.77. The van der Waals surface area contributed by atoms with Gasteiger partial charge >= 0.3 is 0 Å². The fraction of sp³-hybridized carbons (Fsp3) is 0.500. The second-order valence-corrected chi connectivity index (χ2v) is 5.29. The van der Waals surface area contributed by atoms with Gasteiger partial charge in [0.15, 0.2) is 0 Å². The maximum atomic E-state index is 9.19. The Bertz CT molecular complexity index is 436. The number of nitrogens with one attached hydrogen (secondary N) is 1. The molecule has 2 rings (SSSR count). The molecule has 1 aromatic carbocycles. The van der Waals surface area contributed by atoms with E-state index in [1.54, 1.807) is 11.8 Å². The molecule has 0 amide bonds. The summed E-state index contributed by atoms with van der Waals surface area (Å²) in [6.07, 6.45) is 4.27. The topological polar surface area (TPSA) is 45.0 Å². The third kappa shape index (κ3) is 3.18. The van der Waals surface area contributed by atoms with Crippen LogP contribution in [-0.4, -0.2) is 26.0 Å². The Morgan fingerprint density at radius 1 is 1.56 bits per heavy atom. The lowest BCUT2D eigenvalue weighted by atomic mass is 10.1. The molecule has 1 heterocycles. The Morgan fingerprint density at radius 3 is 3.11 bits per heavy atom. The minimum absolute atomic E-state index is 0.662. The van der Waals surface area contributed by atoms with Gasteiger partial charge in [-0.2, -0.15) is 5.26 Å². The summed E-state index contributed by atoms with van der Waals surface area (Å²) >= 11 is 1.58. The molecule has 18 heavy (non-hydrogen) atoms. The average molecular weight is 262 g/mol. The van der Waals surface area contributed by atoms with Crippen LogP contribution >= 0.6 is 11.8 Å². The summed E-state index contributed by atoms with van der Waals surface area (Å²) in [5.41, 5.74) is 0.662. The smallest absolute Gasteiger partial charge is 0.138 e. The summed E-state index contributed by atoms with van der Waals surface area (Å²) in [5.74, 6) is 1.44. The van der Waals surface area contributed by atoms with Crippen LogP contribution in [0.1, 0.15) is 18.4 Å². The third-order valence-electron chi connectivity index (χ3n) is 3.27. The second kappa shape index (κ2) is 6.67. The molecule has 1 N–H and O–H groups in total. The molecule has 0 saturated carbocycles.